The fraction of sp³-hybridized carbons (Fsp3) is 0.474. The van der Waals surface area contributed by atoms with Gasteiger partial charge in [-0.25, -0.2) is 0 Å². The number of hydrogen-bond donors (Lipinski definition) is 1. The van der Waals surface area contributed by atoms with Crippen LogP contribution in [0.5, 0.6) is 0 Å². The molecule has 0 aromatic heterocycles. The Kier molecular flexibility index (Phi) is 5.19. The maximum Gasteiger partial charge on any atom is 0.0136 e. The van der Waals surface area contributed by atoms with E-state index in [1.54, 1.807) is 0 Å². The lowest BCUT2D eigenvalue weighted by molar-refractivity contribution is 0.301. The molecule has 2 aromatic carbocycles. The van der Waals surface area contributed by atoms with Gasteiger partial charge in [-0.05, 0) is 41.1 Å². The van der Waals surface area contributed by atoms with Crippen LogP contribution in [0.3, 0.4) is 0 Å². The molecule has 0 saturated heterocycles. The van der Waals surface area contributed by atoms with E-state index in [0.29, 0.717) is 17.9 Å². The predicted molar refractivity (Wildman–Crippen MR) is 89.1 cm³/mol. The number of fused-ring (bicyclic) bond motifs is 1. The van der Waals surface area contributed by atoms with Gasteiger partial charge in [0.15, 0.2) is 0 Å². The third-order valence-electron chi connectivity index (χ3n) is 4.47. The lowest BCUT2D eigenvalue weighted by Gasteiger charge is -2.28. The summed E-state index contributed by atoms with van der Waals surface area (Å²) in [6.45, 7) is 10.2. The van der Waals surface area contributed by atoms with Crippen molar-refractivity contribution in [2.75, 3.05) is 6.54 Å². The highest BCUT2D eigenvalue weighted by Crippen LogP contribution is 2.23. The largest absolute Gasteiger partial charge is 0.314 e. The van der Waals surface area contributed by atoms with E-state index in [4.69, 9.17) is 0 Å². The zero-order valence-electron chi connectivity index (χ0n) is 13.2. The summed E-state index contributed by atoms with van der Waals surface area (Å²) in [4.78, 5) is 0. The molecule has 0 spiro atoms. The van der Waals surface area contributed by atoms with E-state index in [1.165, 1.54) is 16.3 Å². The van der Waals surface area contributed by atoms with E-state index in [2.05, 4.69) is 75.5 Å². The second kappa shape index (κ2) is 6.90. The van der Waals surface area contributed by atoms with Gasteiger partial charge in [0.1, 0.15) is 0 Å². The van der Waals surface area contributed by atoms with Crippen LogP contribution < -0.4 is 5.32 Å². The van der Waals surface area contributed by atoms with Gasteiger partial charge in [0.05, 0.1) is 0 Å². The molecule has 0 aliphatic carbocycles. The highest BCUT2D eigenvalue weighted by atomic mass is 14.9. The topological polar surface area (TPSA) is 12.0 Å². The molecule has 2 aromatic rings. The lowest BCUT2D eigenvalue weighted by atomic mass is 9.85. The van der Waals surface area contributed by atoms with E-state index < -0.39 is 0 Å². The maximum atomic E-state index is 3.68. The summed E-state index contributed by atoms with van der Waals surface area (Å²) in [5.74, 6) is 1.38. The second-order valence-electron chi connectivity index (χ2n) is 6.11. The SMILES string of the molecule is CCNC(Cc1cccc2ccccc12)C(C)C(C)C. The molecule has 0 radical (unpaired) electrons. The minimum absolute atomic E-state index is 0.547. The normalized spacial score (nSPS) is 14.7. The molecule has 0 aliphatic rings. The van der Waals surface area contributed by atoms with Gasteiger partial charge in [-0.15, -0.1) is 0 Å². The number of hydrogen-bond acceptors (Lipinski definition) is 1. The van der Waals surface area contributed by atoms with Crippen LogP contribution >= 0.6 is 0 Å². The zero-order valence-corrected chi connectivity index (χ0v) is 13.2. The monoisotopic (exact) mass is 269 g/mol. The van der Waals surface area contributed by atoms with Crippen LogP contribution in [0.4, 0.5) is 0 Å². The van der Waals surface area contributed by atoms with Gasteiger partial charge in [-0.3, -0.25) is 0 Å². The highest BCUT2D eigenvalue weighted by molar-refractivity contribution is 5.85. The summed E-state index contributed by atoms with van der Waals surface area (Å²) < 4.78 is 0. The summed E-state index contributed by atoms with van der Waals surface area (Å²) >= 11 is 0. The van der Waals surface area contributed by atoms with Crippen molar-refractivity contribution in [3.63, 3.8) is 0 Å². The van der Waals surface area contributed by atoms with Crippen molar-refractivity contribution in [3.05, 3.63) is 48.0 Å². The van der Waals surface area contributed by atoms with Crippen LogP contribution in [0.2, 0.25) is 0 Å². The summed E-state index contributed by atoms with van der Waals surface area (Å²) in [5.41, 5.74) is 1.46. The Morgan fingerprint density at radius 3 is 2.35 bits per heavy atom. The van der Waals surface area contributed by atoms with Gasteiger partial charge in [0.25, 0.3) is 0 Å². The quantitative estimate of drug-likeness (QED) is 0.804. The smallest absolute Gasteiger partial charge is 0.0136 e. The second-order valence-corrected chi connectivity index (χ2v) is 6.11. The Bertz CT molecular complexity index is 539. The van der Waals surface area contributed by atoms with Crippen LogP contribution in [0.15, 0.2) is 42.5 Å². The van der Waals surface area contributed by atoms with Gasteiger partial charge in [-0.2, -0.15) is 0 Å². The minimum atomic E-state index is 0.547. The number of benzene rings is 2. The Balaban J connectivity index is 2.28. The molecule has 2 rings (SSSR count). The standard InChI is InChI=1S/C19H27N/c1-5-20-19(15(4)14(2)3)13-17-11-8-10-16-9-6-7-12-18(16)17/h6-12,14-15,19-20H,5,13H2,1-4H3. The van der Waals surface area contributed by atoms with Crippen molar-refractivity contribution >= 4 is 10.8 Å². The molecule has 20 heavy (non-hydrogen) atoms. The molecule has 1 N–H and O–H groups in total. The van der Waals surface area contributed by atoms with E-state index >= 15 is 0 Å². The molecule has 2 unspecified atom stereocenters. The third-order valence-corrected chi connectivity index (χ3v) is 4.47. The van der Waals surface area contributed by atoms with Gasteiger partial charge < -0.3 is 5.32 Å². The average Bonchev–Trinajstić information content (AvgIpc) is 2.46. The van der Waals surface area contributed by atoms with Gasteiger partial charge in [-0.1, -0.05) is 70.2 Å². The van der Waals surface area contributed by atoms with Gasteiger partial charge in [0, 0.05) is 6.04 Å². The van der Waals surface area contributed by atoms with Crippen molar-refractivity contribution in [3.8, 4) is 0 Å². The third kappa shape index (κ3) is 3.40. The van der Waals surface area contributed by atoms with E-state index in [0.717, 1.165) is 13.0 Å². The van der Waals surface area contributed by atoms with Crippen molar-refractivity contribution in [2.24, 2.45) is 11.8 Å². The van der Waals surface area contributed by atoms with Crippen LogP contribution in [0.1, 0.15) is 33.3 Å². The molecule has 0 saturated carbocycles. The molecule has 0 heterocycles. The first-order valence-corrected chi connectivity index (χ1v) is 7.83. The van der Waals surface area contributed by atoms with Crippen molar-refractivity contribution in [2.45, 2.75) is 40.2 Å². The molecule has 1 heteroatoms. The molecule has 0 amide bonds. The number of nitrogens with one attached hydrogen (secondary N) is 1. The Morgan fingerprint density at radius 1 is 0.950 bits per heavy atom. The minimum Gasteiger partial charge on any atom is -0.314 e. The van der Waals surface area contributed by atoms with Gasteiger partial charge >= 0.3 is 0 Å². The first-order valence-electron chi connectivity index (χ1n) is 7.83. The summed E-state index contributed by atoms with van der Waals surface area (Å²) in [5, 5.41) is 6.42. The van der Waals surface area contributed by atoms with Crippen molar-refractivity contribution in [1.82, 2.24) is 5.32 Å². The fourth-order valence-corrected chi connectivity index (χ4v) is 2.88. The predicted octanol–water partition coefficient (Wildman–Crippen LogP) is 4.65. The number of likely N-dealkylation sites (N-methyl/N-ethyl adjacent to an activating group) is 1. The van der Waals surface area contributed by atoms with Crippen molar-refractivity contribution in [1.29, 1.82) is 0 Å². The molecule has 2 atom stereocenters. The zero-order chi connectivity index (χ0) is 14.5. The lowest BCUT2D eigenvalue weighted by Crippen LogP contribution is -2.39. The summed E-state index contributed by atoms with van der Waals surface area (Å²) in [7, 11) is 0. The molecular weight excluding hydrogens is 242 g/mol. The molecule has 0 bridgehead atoms. The molecule has 0 fully saturated rings. The Morgan fingerprint density at radius 2 is 1.65 bits per heavy atom. The molecule has 108 valence electrons. The molecular formula is C19H27N. The Hall–Kier alpha value is -1.34. The van der Waals surface area contributed by atoms with Crippen LogP contribution in [0, 0.1) is 11.8 Å². The average molecular weight is 269 g/mol. The van der Waals surface area contributed by atoms with E-state index in [1.807, 2.05) is 0 Å². The van der Waals surface area contributed by atoms with Crippen LogP contribution in [0.25, 0.3) is 10.8 Å². The van der Waals surface area contributed by atoms with Crippen LogP contribution in [-0.2, 0) is 6.42 Å². The van der Waals surface area contributed by atoms with Crippen molar-refractivity contribution < 1.29 is 0 Å². The first-order chi connectivity index (χ1) is 9.63. The molecule has 1 nitrogen and oxygen atoms in total. The van der Waals surface area contributed by atoms with Crippen LogP contribution in [-0.4, -0.2) is 12.6 Å². The maximum absolute atomic E-state index is 3.68. The first kappa shape index (κ1) is 15.1. The summed E-state index contributed by atoms with van der Waals surface area (Å²) in [6, 6.07) is 15.9. The van der Waals surface area contributed by atoms with E-state index in [9.17, 15) is 0 Å². The summed E-state index contributed by atoms with van der Waals surface area (Å²) in [6.07, 6.45) is 1.11. The van der Waals surface area contributed by atoms with E-state index in [-0.39, 0.29) is 0 Å². The van der Waals surface area contributed by atoms with Gasteiger partial charge in [0.2, 0.25) is 0 Å². The highest BCUT2D eigenvalue weighted by Gasteiger charge is 2.20. The molecule has 0 aliphatic heterocycles. The Labute approximate surface area is 123 Å². The fourth-order valence-electron chi connectivity index (χ4n) is 2.88. The number of rotatable bonds is 6.